The first-order valence-corrected chi connectivity index (χ1v) is 13.1. The molecule has 8 heteroatoms. The Morgan fingerprint density at radius 2 is 1.72 bits per heavy atom. The molecule has 1 fully saturated rings. The lowest BCUT2D eigenvalue weighted by Crippen LogP contribution is -2.32. The van der Waals surface area contributed by atoms with Gasteiger partial charge in [0.1, 0.15) is 29.9 Å². The van der Waals surface area contributed by atoms with Gasteiger partial charge in [-0.3, -0.25) is 4.79 Å². The first-order valence-electron chi connectivity index (χ1n) is 13.1. The van der Waals surface area contributed by atoms with E-state index in [4.69, 9.17) is 9.26 Å². The molecule has 2 unspecified atom stereocenters. The minimum Gasteiger partial charge on any atom is -0.489 e. The van der Waals surface area contributed by atoms with E-state index in [-0.39, 0.29) is 24.8 Å². The molecule has 5 rings (SSSR count). The third kappa shape index (κ3) is 6.84. The minimum absolute atomic E-state index is 0.0224. The van der Waals surface area contributed by atoms with Crippen molar-refractivity contribution < 1.29 is 24.0 Å². The van der Waals surface area contributed by atoms with Gasteiger partial charge >= 0.3 is 5.97 Å². The van der Waals surface area contributed by atoms with Gasteiger partial charge in [0.05, 0.1) is 12.5 Å². The number of nitrogens with zero attached hydrogens (tertiary/aromatic N) is 2. The summed E-state index contributed by atoms with van der Waals surface area (Å²) in [5, 5.41) is 16.9. The van der Waals surface area contributed by atoms with Gasteiger partial charge in [0, 0.05) is 24.7 Å². The van der Waals surface area contributed by atoms with Gasteiger partial charge in [0.15, 0.2) is 0 Å². The molecular weight excluding hydrogens is 494 g/mol. The molecule has 4 aromatic rings. The number of aliphatic carboxylic acids is 1. The third-order valence-corrected chi connectivity index (χ3v) is 6.84. The van der Waals surface area contributed by atoms with Crippen molar-refractivity contribution >= 4 is 17.6 Å². The number of aromatic nitrogens is 1. The SMILES string of the molecule is O=C(O)C(Cc1cc(C2CCCN2C(=O)Cc2ccc(OCc3ccccc3)cc2)no1)Nc1ccccc1. The molecule has 2 N–H and O–H groups in total. The van der Waals surface area contributed by atoms with Crippen LogP contribution in [0.1, 0.15) is 41.5 Å². The van der Waals surface area contributed by atoms with Crippen molar-refractivity contribution in [1.82, 2.24) is 10.1 Å². The summed E-state index contributed by atoms with van der Waals surface area (Å²) in [7, 11) is 0. The number of anilines is 1. The topological polar surface area (TPSA) is 105 Å². The Hall–Kier alpha value is -4.59. The highest BCUT2D eigenvalue weighted by atomic mass is 16.5. The van der Waals surface area contributed by atoms with Crippen molar-refractivity contribution in [2.24, 2.45) is 0 Å². The van der Waals surface area contributed by atoms with Crippen LogP contribution in [0.5, 0.6) is 5.75 Å². The fraction of sp³-hybridized carbons (Fsp3) is 0.258. The number of hydrogen-bond acceptors (Lipinski definition) is 6. The van der Waals surface area contributed by atoms with Gasteiger partial charge in [-0.15, -0.1) is 0 Å². The molecule has 3 aromatic carbocycles. The van der Waals surface area contributed by atoms with Gasteiger partial charge in [-0.1, -0.05) is 65.8 Å². The standard InChI is InChI=1S/C31H31N3O5/c35-30(18-22-13-15-25(16-14-22)38-21-23-8-3-1-4-9-23)34-17-7-12-29(34)27-19-26(39-33-27)20-28(31(36)37)32-24-10-5-2-6-11-24/h1-6,8-11,13-16,19,28-29,32H,7,12,17-18,20-21H2,(H,36,37). The van der Waals surface area contributed by atoms with E-state index in [1.165, 1.54) is 0 Å². The highest BCUT2D eigenvalue weighted by Gasteiger charge is 2.32. The molecule has 39 heavy (non-hydrogen) atoms. The predicted molar refractivity (Wildman–Crippen MR) is 146 cm³/mol. The molecule has 2 heterocycles. The van der Waals surface area contributed by atoms with Gasteiger partial charge in [-0.25, -0.2) is 4.79 Å². The molecule has 1 amide bonds. The lowest BCUT2D eigenvalue weighted by Gasteiger charge is -2.23. The van der Waals surface area contributed by atoms with Gasteiger partial charge in [-0.2, -0.15) is 0 Å². The van der Waals surface area contributed by atoms with Crippen LogP contribution < -0.4 is 10.1 Å². The Bertz CT molecular complexity index is 1370. The van der Waals surface area contributed by atoms with Gasteiger partial charge in [0.2, 0.25) is 5.91 Å². The van der Waals surface area contributed by atoms with Crippen LogP contribution in [0.3, 0.4) is 0 Å². The van der Waals surface area contributed by atoms with Crippen molar-refractivity contribution in [1.29, 1.82) is 0 Å². The van der Waals surface area contributed by atoms with E-state index in [0.717, 1.165) is 29.7 Å². The molecule has 1 aliphatic rings. The fourth-order valence-electron chi connectivity index (χ4n) is 4.81. The molecule has 0 radical (unpaired) electrons. The molecule has 0 spiro atoms. The lowest BCUT2D eigenvalue weighted by atomic mass is 10.1. The summed E-state index contributed by atoms with van der Waals surface area (Å²) in [5.74, 6) is 0.261. The number of carbonyl (C=O) groups excluding carboxylic acids is 1. The molecule has 1 saturated heterocycles. The van der Waals surface area contributed by atoms with E-state index >= 15 is 0 Å². The molecule has 1 aromatic heterocycles. The number of carboxylic acids is 1. The van der Waals surface area contributed by atoms with Crippen molar-refractivity contribution in [2.45, 2.75) is 44.4 Å². The number of carbonyl (C=O) groups is 2. The zero-order valence-electron chi connectivity index (χ0n) is 21.5. The van der Waals surface area contributed by atoms with Crippen LogP contribution >= 0.6 is 0 Å². The second-order valence-electron chi connectivity index (χ2n) is 9.66. The average Bonchev–Trinajstić information content (AvgIpc) is 3.63. The number of amides is 1. The van der Waals surface area contributed by atoms with Gasteiger partial charge < -0.3 is 24.6 Å². The Kier molecular flexibility index (Phi) is 8.21. The molecule has 2 atom stereocenters. The molecular formula is C31H31N3O5. The zero-order chi connectivity index (χ0) is 27.0. The summed E-state index contributed by atoms with van der Waals surface area (Å²) in [5.41, 5.74) is 3.38. The summed E-state index contributed by atoms with van der Waals surface area (Å²) in [6, 6.07) is 27.5. The number of rotatable bonds is 11. The van der Waals surface area contributed by atoms with Crippen LogP contribution in [0, 0.1) is 0 Å². The van der Waals surface area contributed by atoms with E-state index in [2.05, 4.69) is 10.5 Å². The van der Waals surface area contributed by atoms with Crippen LogP contribution in [0.25, 0.3) is 0 Å². The van der Waals surface area contributed by atoms with Crippen molar-refractivity contribution in [3.63, 3.8) is 0 Å². The van der Waals surface area contributed by atoms with E-state index in [9.17, 15) is 14.7 Å². The van der Waals surface area contributed by atoms with Crippen LogP contribution in [-0.4, -0.2) is 39.6 Å². The number of benzene rings is 3. The molecule has 0 bridgehead atoms. The van der Waals surface area contributed by atoms with Crippen LogP contribution in [0.4, 0.5) is 5.69 Å². The summed E-state index contributed by atoms with van der Waals surface area (Å²) in [6.45, 7) is 1.14. The smallest absolute Gasteiger partial charge is 0.326 e. The summed E-state index contributed by atoms with van der Waals surface area (Å²) in [6.07, 6.45) is 2.08. The average molecular weight is 526 g/mol. The monoisotopic (exact) mass is 525 g/mol. The number of likely N-dealkylation sites (tertiary alicyclic amines) is 1. The lowest BCUT2D eigenvalue weighted by molar-refractivity contribution is -0.138. The number of ether oxygens (including phenoxy) is 1. The molecule has 200 valence electrons. The maximum Gasteiger partial charge on any atom is 0.326 e. The Labute approximate surface area is 227 Å². The Morgan fingerprint density at radius 1 is 1.00 bits per heavy atom. The van der Waals surface area contributed by atoms with Crippen molar-refractivity contribution in [3.8, 4) is 5.75 Å². The number of carboxylic acid groups (broad SMARTS) is 1. The van der Waals surface area contributed by atoms with Crippen LogP contribution in [-0.2, 0) is 29.0 Å². The minimum atomic E-state index is -0.981. The molecule has 0 aliphatic carbocycles. The second-order valence-corrected chi connectivity index (χ2v) is 9.66. The van der Waals surface area contributed by atoms with E-state index in [1.807, 2.05) is 89.8 Å². The second kappa shape index (κ2) is 12.3. The molecule has 1 aliphatic heterocycles. The maximum absolute atomic E-state index is 13.2. The number of nitrogens with one attached hydrogen (secondary N) is 1. The first kappa shape index (κ1) is 26.0. The van der Waals surface area contributed by atoms with Gasteiger partial charge in [-0.05, 0) is 48.2 Å². The highest BCUT2D eigenvalue weighted by molar-refractivity contribution is 5.79. The summed E-state index contributed by atoms with van der Waals surface area (Å²) < 4.78 is 11.4. The normalized spacial score (nSPS) is 15.6. The maximum atomic E-state index is 13.2. The van der Waals surface area contributed by atoms with Crippen LogP contribution in [0.15, 0.2) is 95.5 Å². The number of para-hydroxylation sites is 1. The molecule has 0 saturated carbocycles. The molecule has 8 nitrogen and oxygen atoms in total. The zero-order valence-corrected chi connectivity index (χ0v) is 21.5. The van der Waals surface area contributed by atoms with E-state index in [1.54, 1.807) is 6.07 Å². The van der Waals surface area contributed by atoms with Crippen molar-refractivity contribution in [2.75, 3.05) is 11.9 Å². The number of hydrogen-bond donors (Lipinski definition) is 2. The fourth-order valence-corrected chi connectivity index (χ4v) is 4.81. The Balaban J connectivity index is 1.18. The first-order chi connectivity index (χ1) is 19.0. The highest BCUT2D eigenvalue weighted by Crippen LogP contribution is 2.32. The quantitative estimate of drug-likeness (QED) is 0.275. The van der Waals surface area contributed by atoms with Crippen LogP contribution in [0.2, 0.25) is 0 Å². The summed E-state index contributed by atoms with van der Waals surface area (Å²) in [4.78, 5) is 26.9. The third-order valence-electron chi connectivity index (χ3n) is 6.84. The van der Waals surface area contributed by atoms with E-state index < -0.39 is 12.0 Å². The largest absolute Gasteiger partial charge is 0.489 e. The van der Waals surface area contributed by atoms with Crippen molar-refractivity contribution in [3.05, 3.63) is 114 Å². The van der Waals surface area contributed by atoms with E-state index in [0.29, 0.717) is 30.3 Å². The predicted octanol–water partition coefficient (Wildman–Crippen LogP) is 5.27. The Morgan fingerprint density at radius 3 is 2.44 bits per heavy atom. The summed E-state index contributed by atoms with van der Waals surface area (Å²) >= 11 is 0. The van der Waals surface area contributed by atoms with Gasteiger partial charge in [0.25, 0.3) is 0 Å².